The van der Waals surface area contributed by atoms with Crippen molar-refractivity contribution in [3.05, 3.63) is 16.8 Å². The highest BCUT2D eigenvalue weighted by molar-refractivity contribution is 7.18. The Labute approximate surface area is 133 Å². The number of fused-ring (bicyclic) bond motifs is 3. The van der Waals surface area contributed by atoms with Gasteiger partial charge < -0.3 is 10.1 Å². The lowest BCUT2D eigenvalue weighted by atomic mass is 10.2. The summed E-state index contributed by atoms with van der Waals surface area (Å²) in [5.41, 5.74) is 1.33. The minimum Gasteiger partial charge on any atom is -0.467 e. The first-order chi connectivity index (χ1) is 10.8. The molecule has 0 radical (unpaired) electrons. The predicted molar refractivity (Wildman–Crippen MR) is 85.3 cm³/mol. The number of aromatic nitrogens is 2. The Kier molecular flexibility index (Phi) is 3.70. The maximum atomic E-state index is 12.0. The third kappa shape index (κ3) is 2.56. The molecule has 1 N–H and O–H groups in total. The van der Waals surface area contributed by atoms with E-state index >= 15 is 0 Å². The molecule has 2 aromatic heterocycles. The lowest BCUT2D eigenvalue weighted by Gasteiger charge is -2.12. The SMILES string of the molecule is O=C(COc1ncnc2sc3c(c12)CCC3)NC1CCCC1. The summed E-state index contributed by atoms with van der Waals surface area (Å²) >= 11 is 1.73. The van der Waals surface area contributed by atoms with Gasteiger partial charge >= 0.3 is 0 Å². The number of hydrogen-bond donors (Lipinski definition) is 1. The second-order valence-electron chi connectivity index (χ2n) is 6.05. The Balaban J connectivity index is 1.48. The maximum Gasteiger partial charge on any atom is 0.258 e. The predicted octanol–water partition coefficient (Wildman–Crippen LogP) is 2.62. The smallest absolute Gasteiger partial charge is 0.258 e. The van der Waals surface area contributed by atoms with Crippen LogP contribution in [0.15, 0.2) is 6.33 Å². The van der Waals surface area contributed by atoms with Crippen molar-refractivity contribution in [2.45, 2.75) is 51.0 Å². The van der Waals surface area contributed by atoms with Gasteiger partial charge in [-0.2, -0.15) is 0 Å². The molecule has 2 aromatic rings. The summed E-state index contributed by atoms with van der Waals surface area (Å²) in [5, 5.41) is 4.06. The van der Waals surface area contributed by atoms with E-state index in [0.717, 1.165) is 35.9 Å². The molecule has 2 heterocycles. The molecule has 0 bridgehead atoms. The van der Waals surface area contributed by atoms with Gasteiger partial charge in [0.25, 0.3) is 5.91 Å². The molecular formula is C16H19N3O2S. The topological polar surface area (TPSA) is 64.1 Å². The summed E-state index contributed by atoms with van der Waals surface area (Å²) in [6, 6.07) is 0.326. The number of nitrogens with zero attached hydrogens (tertiary/aromatic N) is 2. The Bertz CT molecular complexity index is 707. The van der Waals surface area contributed by atoms with Crippen LogP contribution < -0.4 is 10.1 Å². The summed E-state index contributed by atoms with van der Waals surface area (Å²) in [5.74, 6) is 0.511. The van der Waals surface area contributed by atoms with Gasteiger partial charge in [0.1, 0.15) is 11.2 Å². The van der Waals surface area contributed by atoms with Crippen molar-refractivity contribution in [3.8, 4) is 5.88 Å². The van der Waals surface area contributed by atoms with Crippen molar-refractivity contribution < 1.29 is 9.53 Å². The highest BCUT2D eigenvalue weighted by Gasteiger charge is 2.22. The monoisotopic (exact) mass is 317 g/mol. The minimum atomic E-state index is -0.0504. The first-order valence-electron chi connectivity index (χ1n) is 7.98. The van der Waals surface area contributed by atoms with Crippen LogP contribution in [0.2, 0.25) is 0 Å². The molecule has 0 aromatic carbocycles. The molecule has 0 atom stereocenters. The number of ether oxygens (including phenoxy) is 1. The Morgan fingerprint density at radius 2 is 2.14 bits per heavy atom. The van der Waals surface area contributed by atoms with Crippen molar-refractivity contribution >= 4 is 27.5 Å². The molecule has 1 saturated carbocycles. The van der Waals surface area contributed by atoms with Crippen LogP contribution in [0, 0.1) is 0 Å². The molecule has 0 unspecified atom stereocenters. The molecule has 4 rings (SSSR count). The number of nitrogens with one attached hydrogen (secondary N) is 1. The summed E-state index contributed by atoms with van der Waals surface area (Å²) in [6.07, 6.45) is 9.49. The van der Waals surface area contributed by atoms with Crippen molar-refractivity contribution in [2.24, 2.45) is 0 Å². The molecule has 5 nitrogen and oxygen atoms in total. The molecule has 1 amide bonds. The Hall–Kier alpha value is -1.69. The maximum absolute atomic E-state index is 12.0. The van der Waals surface area contributed by atoms with E-state index in [9.17, 15) is 4.79 Å². The molecule has 116 valence electrons. The number of carbonyl (C=O) groups excluding carboxylic acids is 1. The first-order valence-corrected chi connectivity index (χ1v) is 8.80. The molecule has 1 fully saturated rings. The lowest BCUT2D eigenvalue weighted by molar-refractivity contribution is -0.123. The normalized spacial score (nSPS) is 17.8. The second-order valence-corrected chi connectivity index (χ2v) is 7.14. The molecule has 0 saturated heterocycles. The largest absolute Gasteiger partial charge is 0.467 e. The highest BCUT2D eigenvalue weighted by Crippen LogP contribution is 2.39. The van der Waals surface area contributed by atoms with Gasteiger partial charge in [-0.15, -0.1) is 11.3 Å². The first kappa shape index (κ1) is 13.9. The van der Waals surface area contributed by atoms with Crippen LogP contribution in [-0.2, 0) is 17.6 Å². The Morgan fingerprint density at radius 1 is 1.27 bits per heavy atom. The number of aryl methyl sites for hydroxylation is 2. The molecular weight excluding hydrogens is 298 g/mol. The van der Waals surface area contributed by atoms with Gasteiger partial charge in [-0.25, -0.2) is 9.97 Å². The molecule has 2 aliphatic carbocycles. The minimum absolute atomic E-state index is 0.0350. The van der Waals surface area contributed by atoms with Gasteiger partial charge in [0.05, 0.1) is 5.39 Å². The zero-order valence-corrected chi connectivity index (χ0v) is 13.2. The van der Waals surface area contributed by atoms with E-state index in [1.807, 2.05) is 0 Å². The van der Waals surface area contributed by atoms with Crippen molar-refractivity contribution in [1.82, 2.24) is 15.3 Å². The van der Waals surface area contributed by atoms with Crippen molar-refractivity contribution in [3.63, 3.8) is 0 Å². The number of thiophene rings is 1. The van der Waals surface area contributed by atoms with Gasteiger partial charge in [-0.3, -0.25) is 4.79 Å². The number of rotatable bonds is 4. The van der Waals surface area contributed by atoms with Crippen molar-refractivity contribution in [1.29, 1.82) is 0 Å². The van der Waals surface area contributed by atoms with E-state index in [2.05, 4.69) is 15.3 Å². The fraction of sp³-hybridized carbons (Fsp3) is 0.562. The summed E-state index contributed by atoms with van der Waals surface area (Å²) in [4.78, 5) is 23.0. The molecule has 22 heavy (non-hydrogen) atoms. The number of hydrogen-bond acceptors (Lipinski definition) is 5. The standard InChI is InChI=1S/C16H19N3O2S/c20-13(19-10-4-1-2-5-10)8-21-15-14-11-6-3-7-12(11)22-16(14)18-9-17-15/h9-10H,1-8H2,(H,19,20). The fourth-order valence-electron chi connectivity index (χ4n) is 3.48. The van der Waals surface area contributed by atoms with Crippen LogP contribution in [0.3, 0.4) is 0 Å². The lowest BCUT2D eigenvalue weighted by Crippen LogP contribution is -2.36. The van der Waals surface area contributed by atoms with E-state index in [0.29, 0.717) is 11.9 Å². The van der Waals surface area contributed by atoms with Crippen LogP contribution in [0.4, 0.5) is 0 Å². The van der Waals surface area contributed by atoms with Gasteiger partial charge in [0, 0.05) is 10.9 Å². The molecule has 2 aliphatic rings. The van der Waals surface area contributed by atoms with E-state index in [-0.39, 0.29) is 12.5 Å². The quantitative estimate of drug-likeness (QED) is 0.941. The van der Waals surface area contributed by atoms with Gasteiger partial charge in [0.15, 0.2) is 6.61 Å². The van der Waals surface area contributed by atoms with E-state index in [1.165, 1.54) is 36.0 Å². The van der Waals surface area contributed by atoms with Gasteiger partial charge in [0.2, 0.25) is 5.88 Å². The number of carbonyl (C=O) groups is 1. The number of amides is 1. The summed E-state index contributed by atoms with van der Waals surface area (Å²) in [7, 11) is 0. The van der Waals surface area contributed by atoms with Gasteiger partial charge in [-0.05, 0) is 37.7 Å². The van der Waals surface area contributed by atoms with E-state index < -0.39 is 0 Å². The van der Waals surface area contributed by atoms with Crippen molar-refractivity contribution in [2.75, 3.05) is 6.61 Å². The average molecular weight is 317 g/mol. The third-order valence-corrected chi connectivity index (χ3v) is 5.73. The van der Waals surface area contributed by atoms with Crippen LogP contribution in [-0.4, -0.2) is 28.5 Å². The summed E-state index contributed by atoms with van der Waals surface area (Å²) in [6.45, 7) is 0.0350. The fourth-order valence-corrected chi connectivity index (χ4v) is 4.70. The van der Waals surface area contributed by atoms with Crippen LogP contribution in [0.1, 0.15) is 42.5 Å². The van der Waals surface area contributed by atoms with Crippen LogP contribution >= 0.6 is 11.3 Å². The zero-order valence-electron chi connectivity index (χ0n) is 12.4. The average Bonchev–Trinajstić information content (AvgIpc) is 3.21. The van der Waals surface area contributed by atoms with E-state index in [4.69, 9.17) is 4.74 Å². The van der Waals surface area contributed by atoms with Crippen LogP contribution in [0.25, 0.3) is 10.2 Å². The zero-order chi connectivity index (χ0) is 14.9. The molecule has 0 spiro atoms. The van der Waals surface area contributed by atoms with E-state index in [1.54, 1.807) is 11.3 Å². The summed E-state index contributed by atoms with van der Waals surface area (Å²) < 4.78 is 5.72. The molecule has 6 heteroatoms. The van der Waals surface area contributed by atoms with Crippen LogP contribution in [0.5, 0.6) is 5.88 Å². The second kappa shape index (κ2) is 5.83. The molecule has 0 aliphatic heterocycles. The highest BCUT2D eigenvalue weighted by atomic mass is 32.1. The van der Waals surface area contributed by atoms with Gasteiger partial charge in [-0.1, -0.05) is 12.8 Å². The Morgan fingerprint density at radius 3 is 3.00 bits per heavy atom. The third-order valence-electron chi connectivity index (χ3n) is 4.53.